The van der Waals surface area contributed by atoms with E-state index in [2.05, 4.69) is 15.1 Å². The van der Waals surface area contributed by atoms with Crippen molar-refractivity contribution < 1.29 is 14.3 Å². The molecule has 0 aliphatic carbocycles. The van der Waals surface area contributed by atoms with Gasteiger partial charge in [-0.1, -0.05) is 18.2 Å². The maximum atomic E-state index is 12.4. The first-order valence-electron chi connectivity index (χ1n) is 9.04. The van der Waals surface area contributed by atoms with Gasteiger partial charge in [-0.05, 0) is 39.8 Å². The summed E-state index contributed by atoms with van der Waals surface area (Å²) in [4.78, 5) is 21.3. The van der Waals surface area contributed by atoms with Gasteiger partial charge in [0.2, 0.25) is 0 Å². The van der Waals surface area contributed by atoms with Crippen molar-refractivity contribution >= 4 is 5.97 Å². The van der Waals surface area contributed by atoms with E-state index in [4.69, 9.17) is 9.47 Å². The molecule has 0 bridgehead atoms. The highest BCUT2D eigenvalue weighted by Gasteiger charge is 2.18. The lowest BCUT2D eigenvalue weighted by molar-refractivity contribution is -0.144. The predicted molar refractivity (Wildman–Crippen MR) is 105 cm³/mol. The minimum absolute atomic E-state index is 0.137. The van der Waals surface area contributed by atoms with E-state index in [-0.39, 0.29) is 19.0 Å². The number of carbonyl (C=O) groups excluding carboxylic acids is 1. The second-order valence-corrected chi connectivity index (χ2v) is 6.66. The van der Waals surface area contributed by atoms with E-state index < -0.39 is 0 Å². The van der Waals surface area contributed by atoms with Gasteiger partial charge in [0.05, 0.1) is 19.2 Å². The van der Waals surface area contributed by atoms with E-state index in [9.17, 15) is 4.79 Å². The Morgan fingerprint density at radius 3 is 2.43 bits per heavy atom. The van der Waals surface area contributed by atoms with Gasteiger partial charge in [-0.3, -0.25) is 4.79 Å². The molecular weight excluding hydrogens is 356 g/mol. The van der Waals surface area contributed by atoms with Crippen LogP contribution < -0.4 is 4.74 Å². The van der Waals surface area contributed by atoms with Crippen LogP contribution in [-0.4, -0.2) is 32.8 Å². The predicted octanol–water partition coefficient (Wildman–Crippen LogP) is 3.19. The Balaban J connectivity index is 1.75. The maximum absolute atomic E-state index is 12.4. The zero-order valence-electron chi connectivity index (χ0n) is 16.8. The molecule has 3 aromatic rings. The number of aryl methyl sites for hydroxylation is 3. The first-order chi connectivity index (χ1) is 13.4. The Kier molecular flexibility index (Phi) is 5.73. The number of hydrogen-bond donors (Lipinski definition) is 0. The fraction of sp³-hybridized carbons (Fsp3) is 0.333. The Hall–Kier alpha value is -3.22. The molecule has 0 saturated heterocycles. The quantitative estimate of drug-likeness (QED) is 0.611. The van der Waals surface area contributed by atoms with Gasteiger partial charge >= 0.3 is 5.97 Å². The van der Waals surface area contributed by atoms with E-state index in [1.165, 1.54) is 0 Å². The van der Waals surface area contributed by atoms with Gasteiger partial charge in [-0.15, -0.1) is 0 Å². The number of carbonyl (C=O) groups is 1. The highest BCUT2D eigenvalue weighted by molar-refractivity contribution is 5.73. The zero-order chi connectivity index (χ0) is 20.3. The summed E-state index contributed by atoms with van der Waals surface area (Å²) in [6, 6.07) is 9.38. The first-order valence-corrected chi connectivity index (χ1v) is 9.04. The molecule has 28 heavy (non-hydrogen) atoms. The molecule has 0 amide bonds. The average molecular weight is 380 g/mol. The van der Waals surface area contributed by atoms with Crippen molar-refractivity contribution in [2.24, 2.45) is 0 Å². The first kappa shape index (κ1) is 19.5. The Morgan fingerprint density at radius 2 is 1.75 bits per heavy atom. The zero-order valence-corrected chi connectivity index (χ0v) is 16.8. The Labute approximate surface area is 164 Å². The summed E-state index contributed by atoms with van der Waals surface area (Å²) < 4.78 is 12.4. The van der Waals surface area contributed by atoms with E-state index in [1.54, 1.807) is 11.8 Å². The van der Waals surface area contributed by atoms with Crippen LogP contribution in [0.25, 0.3) is 5.95 Å². The van der Waals surface area contributed by atoms with Crippen LogP contribution in [0.4, 0.5) is 0 Å². The topological polar surface area (TPSA) is 79.1 Å². The fourth-order valence-electron chi connectivity index (χ4n) is 3.10. The second-order valence-electron chi connectivity index (χ2n) is 6.66. The lowest BCUT2D eigenvalue weighted by Gasteiger charge is -2.09. The number of para-hydroxylation sites is 1. The summed E-state index contributed by atoms with van der Waals surface area (Å²) in [5.41, 5.74) is 4.98. The molecule has 2 aromatic heterocycles. The lowest BCUT2D eigenvalue weighted by atomic mass is 10.1. The lowest BCUT2D eigenvalue weighted by Crippen LogP contribution is -2.11. The summed E-state index contributed by atoms with van der Waals surface area (Å²) in [5, 5.41) is 4.53. The fourth-order valence-corrected chi connectivity index (χ4v) is 3.10. The van der Waals surface area contributed by atoms with Crippen molar-refractivity contribution in [3.05, 3.63) is 64.2 Å². The molecule has 0 aliphatic heterocycles. The van der Waals surface area contributed by atoms with Crippen LogP contribution in [0.5, 0.6) is 5.75 Å². The van der Waals surface area contributed by atoms with Crippen molar-refractivity contribution in [3.8, 4) is 11.7 Å². The number of esters is 1. The number of ether oxygens (including phenoxy) is 2. The third-order valence-corrected chi connectivity index (χ3v) is 4.50. The van der Waals surface area contributed by atoms with Crippen molar-refractivity contribution in [1.29, 1.82) is 0 Å². The smallest absolute Gasteiger partial charge is 0.310 e. The van der Waals surface area contributed by atoms with Crippen molar-refractivity contribution in [1.82, 2.24) is 19.7 Å². The SMILES string of the molecule is COc1ccccc1COC(=O)Cc1c(C)nn(-c2nc(C)cc(C)n2)c1C. The van der Waals surface area contributed by atoms with Gasteiger partial charge in [0.1, 0.15) is 12.4 Å². The highest BCUT2D eigenvalue weighted by Crippen LogP contribution is 2.20. The van der Waals surface area contributed by atoms with Crippen LogP contribution in [0.3, 0.4) is 0 Å². The second kappa shape index (κ2) is 8.21. The average Bonchev–Trinajstić information content (AvgIpc) is 2.94. The van der Waals surface area contributed by atoms with Crippen molar-refractivity contribution in [2.75, 3.05) is 7.11 Å². The van der Waals surface area contributed by atoms with Crippen LogP contribution in [0.1, 0.15) is 33.9 Å². The molecule has 0 spiro atoms. The number of nitrogens with zero attached hydrogens (tertiary/aromatic N) is 4. The molecule has 0 saturated carbocycles. The number of methoxy groups -OCH3 is 1. The normalized spacial score (nSPS) is 10.8. The molecule has 2 heterocycles. The summed E-state index contributed by atoms with van der Waals surface area (Å²) in [6.07, 6.45) is 0.137. The van der Waals surface area contributed by atoms with E-state index in [0.717, 1.165) is 33.9 Å². The molecule has 1 aromatic carbocycles. The molecule has 0 atom stereocenters. The highest BCUT2D eigenvalue weighted by atomic mass is 16.5. The third-order valence-electron chi connectivity index (χ3n) is 4.50. The summed E-state index contributed by atoms with van der Waals surface area (Å²) >= 11 is 0. The van der Waals surface area contributed by atoms with E-state index in [0.29, 0.717) is 11.7 Å². The number of hydrogen-bond acceptors (Lipinski definition) is 6. The third kappa shape index (κ3) is 4.19. The van der Waals surface area contributed by atoms with Crippen LogP contribution in [0.2, 0.25) is 0 Å². The van der Waals surface area contributed by atoms with Gasteiger partial charge in [0.15, 0.2) is 0 Å². The van der Waals surface area contributed by atoms with Crippen molar-refractivity contribution in [2.45, 2.75) is 40.7 Å². The van der Waals surface area contributed by atoms with Gasteiger partial charge in [0.25, 0.3) is 5.95 Å². The standard InChI is InChI=1S/C21H24N4O3/c1-13-10-14(2)23-21(22-13)25-16(4)18(15(3)24-25)11-20(26)28-12-17-8-6-7-9-19(17)27-5/h6-10H,11-12H2,1-5H3. The molecule has 0 unspecified atom stereocenters. The van der Waals surface area contributed by atoms with Crippen LogP contribution in [-0.2, 0) is 22.6 Å². The number of benzene rings is 1. The number of rotatable bonds is 6. The van der Waals surface area contributed by atoms with Gasteiger partial charge in [-0.25, -0.2) is 14.6 Å². The molecular formula is C21H24N4O3. The molecule has 7 heteroatoms. The van der Waals surface area contributed by atoms with Gasteiger partial charge in [-0.2, -0.15) is 5.10 Å². The minimum Gasteiger partial charge on any atom is -0.496 e. The summed E-state index contributed by atoms with van der Waals surface area (Å²) in [6.45, 7) is 7.77. The summed E-state index contributed by atoms with van der Waals surface area (Å²) in [7, 11) is 1.59. The van der Waals surface area contributed by atoms with Crippen LogP contribution in [0, 0.1) is 27.7 Å². The molecule has 0 fully saturated rings. The summed E-state index contributed by atoms with van der Waals surface area (Å²) in [5.74, 6) is 0.882. The molecule has 0 radical (unpaired) electrons. The van der Waals surface area contributed by atoms with Gasteiger partial charge < -0.3 is 9.47 Å². The monoisotopic (exact) mass is 380 g/mol. The molecule has 0 aliphatic rings. The number of aromatic nitrogens is 4. The van der Waals surface area contributed by atoms with E-state index >= 15 is 0 Å². The largest absolute Gasteiger partial charge is 0.496 e. The van der Waals surface area contributed by atoms with Gasteiger partial charge in [0, 0.05) is 28.2 Å². The molecule has 3 rings (SSSR count). The maximum Gasteiger partial charge on any atom is 0.310 e. The molecule has 146 valence electrons. The van der Waals surface area contributed by atoms with Crippen LogP contribution in [0.15, 0.2) is 30.3 Å². The van der Waals surface area contributed by atoms with Crippen LogP contribution >= 0.6 is 0 Å². The van der Waals surface area contributed by atoms with E-state index in [1.807, 2.05) is 58.0 Å². The molecule has 7 nitrogen and oxygen atoms in total. The van der Waals surface area contributed by atoms with Crippen molar-refractivity contribution in [3.63, 3.8) is 0 Å². The Bertz CT molecular complexity index is 991. The Morgan fingerprint density at radius 1 is 1.07 bits per heavy atom. The minimum atomic E-state index is -0.321. The molecule has 0 N–H and O–H groups in total.